The molecular weight excluding hydrogens is 169 g/mol. The molecule has 0 amide bonds. The van der Waals surface area contributed by atoms with Crippen LogP contribution < -0.4 is 5.32 Å². The Bertz CT molecular complexity index is 347. The van der Waals surface area contributed by atoms with Gasteiger partial charge in [0.2, 0.25) is 0 Å². The number of hydrogen-bond acceptors (Lipinski definition) is 3. The van der Waals surface area contributed by atoms with E-state index >= 15 is 0 Å². The third-order valence-corrected chi connectivity index (χ3v) is 1.71. The standard InChI is InChI=1S/C9H10FN3/c1-6(12-2)8-4-3-7(13-11)5-9(8)10/h3-5,11-12H,1H2,2H3. The number of halogens is 1. The molecule has 2 N–H and O–H groups in total. The molecule has 0 aliphatic heterocycles. The van der Waals surface area contributed by atoms with Gasteiger partial charge in [0, 0.05) is 24.4 Å². The summed E-state index contributed by atoms with van der Waals surface area (Å²) in [7, 11) is 1.67. The average molecular weight is 179 g/mol. The molecule has 0 radical (unpaired) electrons. The van der Waals surface area contributed by atoms with Gasteiger partial charge < -0.3 is 5.32 Å². The Balaban J connectivity index is 3.12. The van der Waals surface area contributed by atoms with Gasteiger partial charge in [0.1, 0.15) is 5.82 Å². The summed E-state index contributed by atoms with van der Waals surface area (Å²) in [4.78, 5) is 0. The summed E-state index contributed by atoms with van der Waals surface area (Å²) in [6.07, 6.45) is 0. The maximum atomic E-state index is 13.2. The quantitative estimate of drug-likeness (QED) is 0.688. The van der Waals surface area contributed by atoms with Gasteiger partial charge in [-0.25, -0.2) is 9.92 Å². The lowest BCUT2D eigenvalue weighted by Crippen LogP contribution is -2.04. The van der Waals surface area contributed by atoms with Gasteiger partial charge in [-0.3, -0.25) is 0 Å². The van der Waals surface area contributed by atoms with E-state index in [9.17, 15) is 4.39 Å². The average Bonchev–Trinajstić information content (AvgIpc) is 2.16. The van der Waals surface area contributed by atoms with Crippen LogP contribution in [0.2, 0.25) is 0 Å². The molecule has 0 atom stereocenters. The van der Waals surface area contributed by atoms with E-state index < -0.39 is 5.82 Å². The summed E-state index contributed by atoms with van der Waals surface area (Å²) in [6.45, 7) is 3.63. The van der Waals surface area contributed by atoms with Crippen molar-refractivity contribution in [1.29, 1.82) is 5.53 Å². The molecule has 0 unspecified atom stereocenters. The molecule has 1 rings (SSSR count). The van der Waals surface area contributed by atoms with E-state index in [1.54, 1.807) is 19.2 Å². The molecule has 3 nitrogen and oxygen atoms in total. The highest BCUT2D eigenvalue weighted by atomic mass is 19.1. The molecule has 0 bridgehead atoms. The molecular formula is C9H10FN3. The predicted octanol–water partition coefficient (Wildman–Crippen LogP) is 2.68. The summed E-state index contributed by atoms with van der Waals surface area (Å²) < 4.78 is 13.2. The third kappa shape index (κ3) is 1.90. The second-order valence-electron chi connectivity index (χ2n) is 2.50. The van der Waals surface area contributed by atoms with Crippen molar-refractivity contribution in [3.05, 3.63) is 36.2 Å². The fourth-order valence-electron chi connectivity index (χ4n) is 0.953. The SMILES string of the molecule is C=C(NC)c1ccc(N=N)cc1F. The van der Waals surface area contributed by atoms with Crippen molar-refractivity contribution >= 4 is 11.4 Å². The van der Waals surface area contributed by atoms with Crippen molar-refractivity contribution in [3.8, 4) is 0 Å². The molecule has 4 heteroatoms. The third-order valence-electron chi connectivity index (χ3n) is 1.71. The van der Waals surface area contributed by atoms with Gasteiger partial charge in [0.25, 0.3) is 0 Å². The van der Waals surface area contributed by atoms with Gasteiger partial charge in [0.15, 0.2) is 0 Å². The van der Waals surface area contributed by atoms with Crippen molar-refractivity contribution < 1.29 is 4.39 Å². The van der Waals surface area contributed by atoms with Crippen LogP contribution >= 0.6 is 0 Å². The minimum Gasteiger partial charge on any atom is -0.388 e. The molecule has 0 fully saturated rings. The van der Waals surface area contributed by atoms with Crippen molar-refractivity contribution in [2.24, 2.45) is 5.11 Å². The summed E-state index contributed by atoms with van der Waals surface area (Å²) in [5.74, 6) is -0.423. The van der Waals surface area contributed by atoms with Crippen molar-refractivity contribution in [2.45, 2.75) is 0 Å². The molecule has 0 aliphatic rings. The van der Waals surface area contributed by atoms with Crippen LogP contribution in [0.15, 0.2) is 29.9 Å². The van der Waals surface area contributed by atoms with Crippen LogP contribution in [0.4, 0.5) is 10.1 Å². The lowest BCUT2D eigenvalue weighted by atomic mass is 10.1. The lowest BCUT2D eigenvalue weighted by Gasteiger charge is -2.05. The Kier molecular flexibility index (Phi) is 2.74. The zero-order valence-electron chi connectivity index (χ0n) is 7.26. The van der Waals surface area contributed by atoms with Crippen LogP contribution in [0.5, 0.6) is 0 Å². The van der Waals surface area contributed by atoms with E-state index in [-0.39, 0.29) is 0 Å². The Morgan fingerprint density at radius 2 is 2.31 bits per heavy atom. The summed E-state index contributed by atoms with van der Waals surface area (Å²) >= 11 is 0. The normalized spacial score (nSPS) is 9.38. The smallest absolute Gasteiger partial charge is 0.134 e. The van der Waals surface area contributed by atoms with Crippen LogP contribution in [-0.4, -0.2) is 7.05 Å². The highest BCUT2D eigenvalue weighted by Crippen LogP contribution is 2.20. The number of nitrogens with one attached hydrogen (secondary N) is 2. The first-order valence-electron chi connectivity index (χ1n) is 3.73. The van der Waals surface area contributed by atoms with Crippen molar-refractivity contribution in [3.63, 3.8) is 0 Å². The maximum absolute atomic E-state index is 13.2. The zero-order valence-corrected chi connectivity index (χ0v) is 7.26. The minimum absolute atomic E-state index is 0.296. The van der Waals surface area contributed by atoms with Crippen LogP contribution in [0, 0.1) is 11.3 Å². The minimum atomic E-state index is -0.423. The Morgan fingerprint density at radius 1 is 1.62 bits per heavy atom. The number of nitrogens with zero attached hydrogens (tertiary/aromatic N) is 1. The fourth-order valence-corrected chi connectivity index (χ4v) is 0.953. The van der Waals surface area contributed by atoms with Crippen LogP contribution in [0.3, 0.4) is 0 Å². The first kappa shape index (κ1) is 9.38. The molecule has 0 heterocycles. The zero-order chi connectivity index (χ0) is 9.84. The van der Waals surface area contributed by atoms with Gasteiger partial charge >= 0.3 is 0 Å². The van der Waals surface area contributed by atoms with Crippen molar-refractivity contribution in [2.75, 3.05) is 7.05 Å². The first-order chi connectivity index (χ1) is 6.19. The van der Waals surface area contributed by atoms with E-state index in [0.29, 0.717) is 16.9 Å². The Labute approximate surface area is 75.8 Å². The van der Waals surface area contributed by atoms with Crippen LogP contribution in [0.1, 0.15) is 5.56 Å². The molecule has 0 spiro atoms. The molecule has 0 aliphatic carbocycles. The highest BCUT2D eigenvalue weighted by molar-refractivity contribution is 5.63. The van der Waals surface area contributed by atoms with E-state index in [2.05, 4.69) is 17.0 Å². The van der Waals surface area contributed by atoms with Gasteiger partial charge in [-0.05, 0) is 12.1 Å². The largest absolute Gasteiger partial charge is 0.388 e. The summed E-state index contributed by atoms with van der Waals surface area (Å²) in [6, 6.07) is 4.31. The van der Waals surface area contributed by atoms with E-state index in [1.165, 1.54) is 6.07 Å². The van der Waals surface area contributed by atoms with E-state index in [4.69, 9.17) is 5.53 Å². The van der Waals surface area contributed by atoms with Crippen LogP contribution in [-0.2, 0) is 0 Å². The monoisotopic (exact) mass is 179 g/mol. The number of hydrogen-bond donors (Lipinski definition) is 2. The van der Waals surface area contributed by atoms with E-state index in [0.717, 1.165) is 0 Å². The maximum Gasteiger partial charge on any atom is 0.134 e. The Hall–Kier alpha value is -1.71. The van der Waals surface area contributed by atoms with Gasteiger partial charge in [-0.2, -0.15) is 5.11 Å². The molecule has 1 aromatic carbocycles. The molecule has 0 saturated heterocycles. The molecule has 1 aromatic rings. The van der Waals surface area contributed by atoms with Crippen molar-refractivity contribution in [1.82, 2.24) is 5.32 Å². The van der Waals surface area contributed by atoms with Gasteiger partial charge in [-0.1, -0.05) is 6.58 Å². The van der Waals surface area contributed by atoms with Gasteiger partial charge in [-0.15, -0.1) is 0 Å². The summed E-state index contributed by atoms with van der Waals surface area (Å²) in [5, 5.41) is 5.87. The lowest BCUT2D eigenvalue weighted by molar-refractivity contribution is 0.623. The second-order valence-corrected chi connectivity index (χ2v) is 2.50. The first-order valence-corrected chi connectivity index (χ1v) is 3.73. The summed E-state index contributed by atoms with van der Waals surface area (Å²) in [5.41, 5.74) is 7.89. The molecule has 0 saturated carbocycles. The topological polar surface area (TPSA) is 48.2 Å². The fraction of sp³-hybridized carbons (Fsp3) is 0.111. The predicted molar refractivity (Wildman–Crippen MR) is 49.3 cm³/mol. The molecule has 68 valence electrons. The number of rotatable bonds is 3. The Morgan fingerprint density at radius 3 is 2.77 bits per heavy atom. The number of benzene rings is 1. The molecule has 0 aromatic heterocycles. The van der Waals surface area contributed by atoms with E-state index in [1.807, 2.05) is 0 Å². The highest BCUT2D eigenvalue weighted by Gasteiger charge is 2.04. The van der Waals surface area contributed by atoms with Gasteiger partial charge in [0.05, 0.1) is 5.69 Å². The van der Waals surface area contributed by atoms with Crippen LogP contribution in [0.25, 0.3) is 5.70 Å². The second kappa shape index (κ2) is 3.80. The molecule has 13 heavy (non-hydrogen) atoms.